The van der Waals surface area contributed by atoms with E-state index in [1.54, 1.807) is 64.2 Å². The highest BCUT2D eigenvalue weighted by molar-refractivity contribution is 5.31. The van der Waals surface area contributed by atoms with Crippen LogP contribution in [0, 0.1) is 21.7 Å². The molecule has 0 nitrogen and oxygen atoms in total. The van der Waals surface area contributed by atoms with Crippen molar-refractivity contribution in [3.05, 3.63) is 0 Å². The van der Waals surface area contributed by atoms with Gasteiger partial charge in [-0.1, -0.05) is 0 Å². The summed E-state index contributed by atoms with van der Waals surface area (Å²) in [6.07, 6.45) is 16.3. The van der Waals surface area contributed by atoms with E-state index in [1.165, 1.54) is 0 Å². The molecule has 76 valence electrons. The van der Waals surface area contributed by atoms with Gasteiger partial charge >= 0.3 is 0 Å². The summed E-state index contributed by atoms with van der Waals surface area (Å²) in [6, 6.07) is 0. The Balaban J connectivity index is 1.66. The maximum atomic E-state index is 1.67. The van der Waals surface area contributed by atoms with Crippen molar-refractivity contribution >= 4 is 0 Å². The monoisotopic (exact) mass is 188 g/mol. The van der Waals surface area contributed by atoms with Crippen LogP contribution in [-0.2, 0) is 0 Å². The molecule has 0 amide bonds. The molecule has 5 aliphatic rings. The van der Waals surface area contributed by atoms with Crippen LogP contribution >= 0.6 is 0 Å². The highest BCUT2D eigenvalue weighted by Gasteiger charge is 2.81. The second-order valence-corrected chi connectivity index (χ2v) is 7.50. The van der Waals surface area contributed by atoms with Gasteiger partial charge in [-0.15, -0.1) is 0 Å². The molecule has 14 heavy (non-hydrogen) atoms. The van der Waals surface area contributed by atoms with Crippen molar-refractivity contribution in [1.29, 1.82) is 0 Å². The summed E-state index contributed by atoms with van der Waals surface area (Å²) in [5.41, 5.74) is 3.71. The minimum atomic E-state index is 0.918. The third-order valence-corrected chi connectivity index (χ3v) is 6.87. The molecule has 0 aromatic rings. The van der Waals surface area contributed by atoms with Crippen LogP contribution in [0.3, 0.4) is 0 Å². The standard InChI is InChI=1S/C14H20/c1-2-11(1)9-12(3-4-12)14(7-8-14)13(10-11)5-6-13/h1-10H2. The minimum Gasteiger partial charge on any atom is -0.0470 e. The van der Waals surface area contributed by atoms with E-state index in [9.17, 15) is 0 Å². The van der Waals surface area contributed by atoms with Gasteiger partial charge in [0, 0.05) is 0 Å². The highest BCUT2D eigenvalue weighted by atomic mass is 14.9. The van der Waals surface area contributed by atoms with Gasteiger partial charge in [0.1, 0.15) is 0 Å². The first kappa shape index (κ1) is 7.30. The van der Waals surface area contributed by atoms with Crippen molar-refractivity contribution < 1.29 is 0 Å². The Bertz CT molecular complexity index is 296. The third kappa shape index (κ3) is 0.581. The van der Waals surface area contributed by atoms with Crippen LogP contribution in [0.4, 0.5) is 0 Å². The van der Waals surface area contributed by atoms with E-state index >= 15 is 0 Å². The zero-order valence-electron chi connectivity index (χ0n) is 9.07. The lowest BCUT2D eigenvalue weighted by atomic mass is 9.59. The zero-order chi connectivity index (χ0) is 9.07. The summed E-state index contributed by atoms with van der Waals surface area (Å²) in [7, 11) is 0. The van der Waals surface area contributed by atoms with Gasteiger partial charge in [-0.05, 0) is 85.9 Å². The minimum absolute atomic E-state index is 0.918. The molecule has 5 aliphatic carbocycles. The van der Waals surface area contributed by atoms with Gasteiger partial charge in [0.25, 0.3) is 0 Å². The van der Waals surface area contributed by atoms with E-state index in [0.29, 0.717) is 0 Å². The fourth-order valence-corrected chi connectivity index (χ4v) is 5.73. The summed E-state index contributed by atoms with van der Waals surface area (Å²) < 4.78 is 0. The second-order valence-electron chi connectivity index (χ2n) is 7.50. The molecule has 5 fully saturated rings. The molecule has 0 N–H and O–H groups in total. The number of fused-ring (bicyclic) bond motifs is 2. The molecule has 0 atom stereocenters. The van der Waals surface area contributed by atoms with Gasteiger partial charge < -0.3 is 0 Å². The molecule has 5 saturated carbocycles. The fourth-order valence-electron chi connectivity index (χ4n) is 5.73. The van der Waals surface area contributed by atoms with Crippen LogP contribution in [0.5, 0.6) is 0 Å². The third-order valence-electron chi connectivity index (χ3n) is 6.87. The lowest BCUT2D eigenvalue weighted by molar-refractivity contribution is 0.0341. The summed E-state index contributed by atoms with van der Waals surface area (Å²) in [5.74, 6) is 0. The van der Waals surface area contributed by atoms with E-state index in [1.807, 2.05) is 0 Å². The van der Waals surface area contributed by atoms with Gasteiger partial charge in [-0.25, -0.2) is 0 Å². The van der Waals surface area contributed by atoms with E-state index in [-0.39, 0.29) is 0 Å². The molecule has 4 spiro atoms. The molecule has 0 bridgehead atoms. The van der Waals surface area contributed by atoms with Gasteiger partial charge in [-0.2, -0.15) is 0 Å². The van der Waals surface area contributed by atoms with Crippen molar-refractivity contribution in [2.24, 2.45) is 21.7 Å². The molecule has 0 unspecified atom stereocenters. The van der Waals surface area contributed by atoms with Gasteiger partial charge in [0.15, 0.2) is 0 Å². The molecule has 0 saturated heterocycles. The van der Waals surface area contributed by atoms with Crippen LogP contribution in [0.1, 0.15) is 64.2 Å². The first-order valence-electron chi connectivity index (χ1n) is 6.74. The fraction of sp³-hybridized carbons (Fsp3) is 1.00. The van der Waals surface area contributed by atoms with Crippen LogP contribution in [0.15, 0.2) is 0 Å². The Labute approximate surface area is 86.5 Å². The topological polar surface area (TPSA) is 0 Å². The largest absolute Gasteiger partial charge is 0.0470 e. The second kappa shape index (κ2) is 1.62. The van der Waals surface area contributed by atoms with E-state index in [0.717, 1.165) is 21.7 Å². The van der Waals surface area contributed by atoms with Crippen LogP contribution in [0.25, 0.3) is 0 Å². The summed E-state index contributed by atoms with van der Waals surface area (Å²) >= 11 is 0. The molecular weight excluding hydrogens is 168 g/mol. The van der Waals surface area contributed by atoms with Crippen molar-refractivity contribution in [1.82, 2.24) is 0 Å². The quantitative estimate of drug-likeness (QED) is 0.541. The van der Waals surface area contributed by atoms with Crippen molar-refractivity contribution in [3.8, 4) is 0 Å². The lowest BCUT2D eigenvalue weighted by Crippen LogP contribution is -2.38. The van der Waals surface area contributed by atoms with Crippen LogP contribution in [-0.4, -0.2) is 0 Å². The van der Waals surface area contributed by atoms with Crippen molar-refractivity contribution in [3.63, 3.8) is 0 Å². The normalized spacial score (nSPS) is 44.6. The lowest BCUT2D eigenvalue weighted by Gasteiger charge is -2.45. The van der Waals surface area contributed by atoms with E-state index in [2.05, 4.69) is 0 Å². The Morgan fingerprint density at radius 1 is 0.500 bits per heavy atom. The number of hydrogen-bond acceptors (Lipinski definition) is 0. The van der Waals surface area contributed by atoms with Crippen LogP contribution in [0.2, 0.25) is 0 Å². The molecule has 5 rings (SSSR count). The Morgan fingerprint density at radius 2 is 1.00 bits per heavy atom. The van der Waals surface area contributed by atoms with Crippen molar-refractivity contribution in [2.75, 3.05) is 0 Å². The Hall–Kier alpha value is 0. The number of hydrogen-bond donors (Lipinski definition) is 0. The highest BCUT2D eigenvalue weighted by Crippen LogP contribution is 2.91. The summed E-state index contributed by atoms with van der Waals surface area (Å²) in [4.78, 5) is 0. The molecular formula is C14H20. The first-order chi connectivity index (χ1) is 6.74. The Morgan fingerprint density at radius 3 is 1.29 bits per heavy atom. The molecule has 0 heterocycles. The predicted octanol–water partition coefficient (Wildman–Crippen LogP) is 3.90. The first-order valence-corrected chi connectivity index (χ1v) is 6.74. The average molecular weight is 188 g/mol. The predicted molar refractivity (Wildman–Crippen MR) is 55.9 cm³/mol. The summed E-state index contributed by atoms with van der Waals surface area (Å²) in [5, 5.41) is 0. The van der Waals surface area contributed by atoms with Gasteiger partial charge in [0.05, 0.1) is 0 Å². The van der Waals surface area contributed by atoms with E-state index < -0.39 is 0 Å². The maximum Gasteiger partial charge on any atom is -0.0184 e. The number of rotatable bonds is 0. The molecule has 0 heteroatoms. The SMILES string of the molecule is C1CC12CC1(CC1)C1(CC1)C1(CC1)C2. The average Bonchev–Trinajstić information content (AvgIpc) is 3.00. The molecule has 0 aromatic heterocycles. The van der Waals surface area contributed by atoms with Gasteiger partial charge in [0.2, 0.25) is 0 Å². The van der Waals surface area contributed by atoms with Crippen LogP contribution < -0.4 is 0 Å². The molecule has 0 aromatic carbocycles. The molecule has 0 radical (unpaired) electrons. The zero-order valence-corrected chi connectivity index (χ0v) is 9.07. The van der Waals surface area contributed by atoms with Crippen molar-refractivity contribution in [2.45, 2.75) is 64.2 Å². The summed E-state index contributed by atoms with van der Waals surface area (Å²) in [6.45, 7) is 0. The smallest absolute Gasteiger partial charge is 0.0184 e. The van der Waals surface area contributed by atoms with E-state index in [4.69, 9.17) is 0 Å². The maximum absolute atomic E-state index is 1.67. The molecule has 0 aliphatic heterocycles. The Kier molecular flexibility index (Phi) is 0.845. The van der Waals surface area contributed by atoms with Gasteiger partial charge in [-0.3, -0.25) is 0 Å².